The minimum absolute atomic E-state index is 0.114. The monoisotopic (exact) mass is 814 g/mol. The van der Waals surface area contributed by atoms with E-state index in [2.05, 4.69) is 82.1 Å². The molecule has 14 heteroatoms. The van der Waals surface area contributed by atoms with Crippen molar-refractivity contribution in [3.8, 4) is 11.1 Å². The Bertz CT molecular complexity index is 2610. The number of imidazole rings is 2. The Hall–Kier alpha value is -6.18. The predicted molar refractivity (Wildman–Crippen MR) is 231 cm³/mol. The van der Waals surface area contributed by atoms with E-state index in [1.165, 1.54) is 14.2 Å². The number of rotatable bonds is 10. The molecule has 4 aromatic carbocycles. The zero-order valence-electron chi connectivity index (χ0n) is 35.3. The molecule has 2 aliphatic rings. The summed E-state index contributed by atoms with van der Waals surface area (Å²) in [6.07, 6.45) is 2.09. The van der Waals surface area contributed by atoms with Crippen LogP contribution < -0.4 is 10.6 Å². The normalized spacial score (nSPS) is 19.2. The second kappa shape index (κ2) is 16.5. The number of nitrogens with one attached hydrogen (secondary N) is 4. The Balaban J connectivity index is 1.06. The molecule has 4 amide bonds. The highest BCUT2D eigenvalue weighted by Crippen LogP contribution is 2.39. The number of hydrogen-bond acceptors (Lipinski definition) is 8. The van der Waals surface area contributed by atoms with Gasteiger partial charge in [-0.25, -0.2) is 19.6 Å². The standard InChI is InChI=1S/C46H54N8O6/c1-8-26-20-36(54(23-26)44(56)38(25(4)5)52-46(58)60-7)42-48-34-18-14-30-22-28(12-16-32(30)40(34)50-42)27-11-15-31-29(21-27)13-17-33-39(31)49-41(47-33)35-10-9-19-53(35)43(55)37(24(2)3)51-45(57)59-6/h11-18,21-22,24-26,35-38H,8-10,19-20,23H2,1-7H3,(H,47,49)(H,48,50)(H,51,57)(H,52,58)/t26-,35-,36-,37?,38-/m0/s1. The van der Waals surface area contributed by atoms with Crippen molar-refractivity contribution in [2.45, 2.75) is 84.5 Å². The van der Waals surface area contributed by atoms with Gasteiger partial charge in [-0.15, -0.1) is 0 Å². The molecular formula is C46H54N8O6. The molecule has 314 valence electrons. The number of alkyl carbamates (subject to hydrolysis) is 2. The third-order valence-electron chi connectivity index (χ3n) is 12.5. The van der Waals surface area contributed by atoms with E-state index < -0.39 is 24.3 Å². The quantitative estimate of drug-likeness (QED) is 0.107. The predicted octanol–water partition coefficient (Wildman–Crippen LogP) is 8.14. The Kier molecular flexibility index (Phi) is 11.1. The molecule has 0 spiro atoms. The first-order chi connectivity index (χ1) is 28.9. The van der Waals surface area contributed by atoms with Crippen molar-refractivity contribution < 1.29 is 28.7 Å². The van der Waals surface area contributed by atoms with E-state index in [4.69, 9.17) is 19.4 Å². The van der Waals surface area contributed by atoms with E-state index in [1.807, 2.05) is 43.6 Å². The number of nitrogens with zero attached hydrogens (tertiary/aromatic N) is 4. The number of methoxy groups -OCH3 is 2. The number of aromatic nitrogens is 4. The van der Waals surface area contributed by atoms with Crippen LogP contribution in [0.2, 0.25) is 0 Å². The molecule has 14 nitrogen and oxygen atoms in total. The van der Waals surface area contributed by atoms with Gasteiger partial charge in [-0.1, -0.05) is 77.4 Å². The largest absolute Gasteiger partial charge is 0.453 e. The van der Waals surface area contributed by atoms with Gasteiger partial charge in [0.2, 0.25) is 11.8 Å². The summed E-state index contributed by atoms with van der Waals surface area (Å²) in [7, 11) is 2.60. The first-order valence-corrected chi connectivity index (χ1v) is 21.0. The van der Waals surface area contributed by atoms with Crippen LogP contribution in [0, 0.1) is 17.8 Å². The maximum atomic E-state index is 14.0. The van der Waals surface area contributed by atoms with Crippen LogP contribution in [0.3, 0.4) is 0 Å². The summed E-state index contributed by atoms with van der Waals surface area (Å²) in [6.45, 7) is 11.0. The van der Waals surface area contributed by atoms with Crippen molar-refractivity contribution in [3.63, 3.8) is 0 Å². The first-order valence-electron chi connectivity index (χ1n) is 21.0. The number of carbonyl (C=O) groups excluding carboxylic acids is 4. The Morgan fingerprint density at radius 1 is 0.717 bits per heavy atom. The molecule has 4 heterocycles. The molecule has 8 rings (SSSR count). The second-order valence-corrected chi connectivity index (χ2v) is 17.0. The highest BCUT2D eigenvalue weighted by atomic mass is 16.5. The summed E-state index contributed by atoms with van der Waals surface area (Å²) in [6, 6.07) is 19.3. The molecule has 2 fully saturated rings. The van der Waals surface area contributed by atoms with Crippen LogP contribution >= 0.6 is 0 Å². The van der Waals surface area contributed by atoms with Gasteiger partial charge < -0.3 is 39.9 Å². The molecule has 2 aromatic heterocycles. The zero-order chi connectivity index (χ0) is 42.4. The van der Waals surface area contributed by atoms with E-state index >= 15 is 0 Å². The Labute approximate surface area is 348 Å². The molecule has 0 radical (unpaired) electrons. The van der Waals surface area contributed by atoms with Crippen LogP contribution in [0.1, 0.15) is 84.0 Å². The molecule has 1 unspecified atom stereocenters. The van der Waals surface area contributed by atoms with E-state index in [9.17, 15) is 19.2 Å². The molecule has 0 bridgehead atoms. The summed E-state index contributed by atoms with van der Waals surface area (Å²) in [5.41, 5.74) is 5.65. The highest BCUT2D eigenvalue weighted by Gasteiger charge is 2.41. The van der Waals surface area contributed by atoms with Crippen molar-refractivity contribution in [1.82, 2.24) is 40.4 Å². The number of carbonyl (C=O) groups is 4. The maximum Gasteiger partial charge on any atom is 0.407 e. The Morgan fingerprint density at radius 2 is 1.22 bits per heavy atom. The number of likely N-dealkylation sites (tertiary alicyclic amines) is 2. The average molecular weight is 815 g/mol. The van der Waals surface area contributed by atoms with Gasteiger partial charge in [0.1, 0.15) is 23.7 Å². The van der Waals surface area contributed by atoms with E-state index in [0.29, 0.717) is 19.0 Å². The lowest BCUT2D eigenvalue weighted by Gasteiger charge is -2.30. The Morgan fingerprint density at radius 3 is 1.70 bits per heavy atom. The lowest BCUT2D eigenvalue weighted by molar-refractivity contribution is -0.136. The number of fused-ring (bicyclic) bond motifs is 6. The minimum Gasteiger partial charge on any atom is -0.453 e. The number of amides is 4. The van der Waals surface area contributed by atoms with Crippen molar-refractivity contribution >= 4 is 67.6 Å². The molecule has 2 saturated heterocycles. The molecule has 6 aromatic rings. The lowest BCUT2D eigenvalue weighted by Crippen LogP contribution is -2.51. The summed E-state index contributed by atoms with van der Waals surface area (Å²) in [4.78, 5) is 72.9. The van der Waals surface area contributed by atoms with E-state index in [-0.39, 0.29) is 35.7 Å². The van der Waals surface area contributed by atoms with Gasteiger partial charge in [0, 0.05) is 23.9 Å². The van der Waals surface area contributed by atoms with E-state index in [0.717, 1.165) is 92.1 Å². The fourth-order valence-corrected chi connectivity index (χ4v) is 9.11. The third-order valence-corrected chi connectivity index (χ3v) is 12.5. The number of H-pyrrole nitrogens is 2. The van der Waals surface area contributed by atoms with Crippen LogP contribution in [-0.2, 0) is 19.1 Å². The molecule has 60 heavy (non-hydrogen) atoms. The zero-order valence-corrected chi connectivity index (χ0v) is 35.3. The number of benzene rings is 4. The van der Waals surface area contributed by atoms with Crippen molar-refractivity contribution in [2.75, 3.05) is 27.3 Å². The maximum absolute atomic E-state index is 14.0. The van der Waals surface area contributed by atoms with Gasteiger partial charge in [0.15, 0.2) is 0 Å². The van der Waals surface area contributed by atoms with Crippen LogP contribution in [0.5, 0.6) is 0 Å². The second-order valence-electron chi connectivity index (χ2n) is 17.0. The molecule has 5 atom stereocenters. The van der Waals surface area contributed by atoms with Gasteiger partial charge in [-0.05, 0) is 83.2 Å². The molecular weight excluding hydrogens is 761 g/mol. The number of hydrogen-bond donors (Lipinski definition) is 4. The smallest absolute Gasteiger partial charge is 0.407 e. The van der Waals surface area contributed by atoms with Crippen LogP contribution in [0.4, 0.5) is 9.59 Å². The van der Waals surface area contributed by atoms with Crippen LogP contribution in [0.25, 0.3) is 54.7 Å². The van der Waals surface area contributed by atoms with Gasteiger partial charge in [0.25, 0.3) is 0 Å². The topological polar surface area (TPSA) is 175 Å². The molecule has 4 N–H and O–H groups in total. The lowest BCUT2D eigenvalue weighted by atomic mass is 9.98. The summed E-state index contributed by atoms with van der Waals surface area (Å²) in [5.74, 6) is 1.30. The highest BCUT2D eigenvalue weighted by molar-refractivity contribution is 6.07. The SMILES string of the molecule is CC[C@H]1C[C@@H](c2nc3c(ccc4cc(-c5ccc6c(ccc7[nH]c([C@@H]8CCCN8C(=O)C(NC(=O)OC)C(C)C)nc76)c5)ccc43)[nH]2)N(C(=O)[C@@H](NC(=O)OC)C(C)C)C1. The van der Waals surface area contributed by atoms with Gasteiger partial charge in [-0.2, -0.15) is 0 Å². The molecule has 2 aliphatic heterocycles. The third kappa shape index (κ3) is 7.47. The van der Waals surface area contributed by atoms with Crippen LogP contribution in [-0.4, -0.2) is 93.1 Å². The molecule has 0 aliphatic carbocycles. The van der Waals surface area contributed by atoms with E-state index in [1.54, 1.807) is 0 Å². The van der Waals surface area contributed by atoms with Gasteiger partial charge in [-0.3, -0.25) is 9.59 Å². The van der Waals surface area contributed by atoms with Crippen molar-refractivity contribution in [1.29, 1.82) is 0 Å². The fraction of sp³-hybridized carbons (Fsp3) is 0.435. The minimum atomic E-state index is -0.709. The summed E-state index contributed by atoms with van der Waals surface area (Å²) < 4.78 is 9.63. The van der Waals surface area contributed by atoms with Gasteiger partial charge >= 0.3 is 12.2 Å². The average Bonchev–Trinajstić information content (AvgIpc) is 4.08. The molecule has 0 saturated carbocycles. The summed E-state index contributed by atoms with van der Waals surface area (Å²) in [5, 5.41) is 9.60. The van der Waals surface area contributed by atoms with Crippen molar-refractivity contribution in [2.24, 2.45) is 17.8 Å². The fourth-order valence-electron chi connectivity index (χ4n) is 9.11. The van der Waals surface area contributed by atoms with Gasteiger partial charge in [0.05, 0.1) is 48.4 Å². The van der Waals surface area contributed by atoms with Crippen molar-refractivity contribution in [3.05, 3.63) is 72.3 Å². The number of aromatic amines is 2. The summed E-state index contributed by atoms with van der Waals surface area (Å²) >= 11 is 0. The first kappa shape index (κ1) is 40.6. The van der Waals surface area contributed by atoms with Crippen LogP contribution in [0.15, 0.2) is 60.7 Å². The number of ether oxygens (including phenoxy) is 2.